The van der Waals surface area contributed by atoms with Gasteiger partial charge in [0.15, 0.2) is 0 Å². The van der Waals surface area contributed by atoms with Crippen molar-refractivity contribution in [3.05, 3.63) is 253 Å². The van der Waals surface area contributed by atoms with E-state index in [0.717, 1.165) is 144 Å². The predicted octanol–water partition coefficient (Wildman–Crippen LogP) is 12.7. The molecule has 0 aromatic heterocycles. The molecule has 0 radical (unpaired) electrons. The Balaban J connectivity index is 0.000000167. The molecule has 5 saturated heterocycles. The molecule has 109 heavy (non-hydrogen) atoms. The number of ether oxygens (including phenoxy) is 1. The maximum absolute atomic E-state index is 14.9. The Morgan fingerprint density at radius 3 is 1.51 bits per heavy atom. The van der Waals surface area contributed by atoms with Gasteiger partial charge in [-0.25, -0.2) is 18.0 Å². The minimum atomic E-state index is -1.45. The second-order valence-corrected chi connectivity index (χ2v) is 32.0. The molecule has 582 valence electrons. The van der Waals surface area contributed by atoms with E-state index >= 15 is 0 Å². The van der Waals surface area contributed by atoms with Crippen LogP contribution in [-0.2, 0) is 63.4 Å². The van der Waals surface area contributed by atoms with Crippen molar-refractivity contribution in [2.24, 2.45) is 17.6 Å². The van der Waals surface area contributed by atoms with Crippen LogP contribution in [0.4, 0.5) is 18.0 Å². The number of nitrogens with one attached hydrogen (secondary N) is 6. The third kappa shape index (κ3) is 27.4. The normalized spacial score (nSPS) is 18.2. The van der Waals surface area contributed by atoms with Crippen molar-refractivity contribution >= 4 is 40.5 Å². The Labute approximate surface area is 653 Å². The van der Waals surface area contributed by atoms with Gasteiger partial charge in [0.2, 0.25) is 0 Å². The molecule has 0 saturated carbocycles. The highest BCUT2D eigenvalue weighted by Gasteiger charge is 2.31. The zero-order chi connectivity index (χ0) is 77.2. The number of amides is 2. The molecule has 5 heterocycles. The average Bonchev–Trinajstić information content (AvgIpc) is 0.830. The van der Waals surface area contributed by atoms with Crippen LogP contribution in [0.5, 0.6) is 0 Å². The third-order valence-corrected chi connectivity index (χ3v) is 21.3. The van der Waals surface area contributed by atoms with E-state index in [1.807, 2.05) is 94.4 Å². The van der Waals surface area contributed by atoms with Gasteiger partial charge >= 0.3 is 13.2 Å². The van der Waals surface area contributed by atoms with Crippen LogP contribution in [0.1, 0.15) is 128 Å². The van der Waals surface area contributed by atoms with E-state index in [9.17, 15) is 32.8 Å². The molecule has 5 fully saturated rings. The third-order valence-electron chi connectivity index (χ3n) is 20.7. The molecule has 8 aromatic carbocycles. The minimum Gasteiger partial charge on any atom is -0.444 e. The van der Waals surface area contributed by atoms with Gasteiger partial charge in [0.05, 0.1) is 4.47 Å². The van der Waals surface area contributed by atoms with Crippen molar-refractivity contribution in [3.63, 3.8) is 0 Å². The lowest BCUT2D eigenvalue weighted by Gasteiger charge is -2.40. The summed E-state index contributed by atoms with van der Waals surface area (Å²) in [6.45, 7) is 29.5. The lowest BCUT2D eigenvalue weighted by molar-refractivity contribution is 0.000534. The van der Waals surface area contributed by atoms with Crippen LogP contribution in [0.25, 0.3) is 22.3 Å². The zero-order valence-corrected chi connectivity index (χ0v) is 66.2. The Hall–Kier alpha value is -7.61. The largest absolute Gasteiger partial charge is 0.488 e. The smallest absolute Gasteiger partial charge is 0.444 e. The number of carbonyl (C=O) groups is 2. The van der Waals surface area contributed by atoms with Crippen LogP contribution < -0.4 is 43.1 Å². The fourth-order valence-electron chi connectivity index (χ4n) is 15.0. The van der Waals surface area contributed by atoms with E-state index in [-0.39, 0.29) is 35.5 Å². The highest BCUT2D eigenvalue weighted by Crippen LogP contribution is 2.30. The first-order valence-corrected chi connectivity index (χ1v) is 39.9. The minimum absolute atomic E-state index is 0.0696. The van der Waals surface area contributed by atoms with Gasteiger partial charge in [0, 0.05) is 140 Å². The van der Waals surface area contributed by atoms with E-state index in [4.69, 9.17) is 10.5 Å². The van der Waals surface area contributed by atoms with Gasteiger partial charge in [-0.15, -0.1) is 0 Å². The molecule has 0 unspecified atom stereocenters. The molecule has 16 nitrogen and oxygen atoms in total. The second-order valence-electron chi connectivity index (χ2n) is 31.1. The number of nitrogens with two attached hydrogens (primary N) is 1. The van der Waals surface area contributed by atoms with Gasteiger partial charge in [0.25, 0.3) is 5.91 Å². The van der Waals surface area contributed by atoms with Gasteiger partial charge in [-0.05, 0) is 261 Å². The zero-order valence-electron chi connectivity index (χ0n) is 64.6. The summed E-state index contributed by atoms with van der Waals surface area (Å²) in [4.78, 5) is 34.1. The molecule has 0 bridgehead atoms. The molecule has 0 spiro atoms. The lowest BCUT2D eigenvalue weighted by Crippen LogP contribution is -2.54. The van der Waals surface area contributed by atoms with Crippen LogP contribution in [0, 0.1) is 29.3 Å². The van der Waals surface area contributed by atoms with Crippen molar-refractivity contribution in [3.8, 4) is 22.3 Å². The molecule has 2 amide bonds. The number of nitrogens with zero attached hydrogens (tertiary/aromatic N) is 4. The van der Waals surface area contributed by atoms with Crippen molar-refractivity contribution < 1.29 is 37.5 Å². The number of piperazine rings is 3. The van der Waals surface area contributed by atoms with Crippen LogP contribution >= 0.6 is 15.9 Å². The summed E-state index contributed by atoms with van der Waals surface area (Å²) in [6, 6.07) is 57.1. The summed E-state index contributed by atoms with van der Waals surface area (Å²) in [5.41, 5.74) is 19.4. The molecule has 13 rings (SSSR count). The number of piperidine rings is 2. The number of rotatable bonds is 21. The summed E-state index contributed by atoms with van der Waals surface area (Å²) in [7, 11) is -1.45. The predicted molar refractivity (Wildman–Crippen MR) is 438 cm³/mol. The summed E-state index contributed by atoms with van der Waals surface area (Å²) in [5, 5.41) is 39.0. The molecule has 3 atom stereocenters. The molecule has 8 aromatic rings. The quantitative estimate of drug-likeness (QED) is 0.0308. The molecule has 21 heteroatoms. The van der Waals surface area contributed by atoms with Gasteiger partial charge in [-0.1, -0.05) is 115 Å². The SMILES string of the molecule is C[C@H]1CN(Cc2cccc(-c3cc(CNC(=O)c4cccc(CC5CCNCC5)c4)ccc3F)c2)CCN1.C[C@H]1CN(Cc2cccc(-c3cc(CNCc4cccc(CC5CCNCC5)c4)ccc3F)c2)CCN1.C[C@H]1CN(Cc2cccc(B(O)O)c2)CCN1C(=O)OC(C)(C)C.NCc1ccc(F)c(Br)c1. The van der Waals surface area contributed by atoms with Crippen LogP contribution in [0.3, 0.4) is 0 Å². The van der Waals surface area contributed by atoms with Crippen LogP contribution in [0.15, 0.2) is 180 Å². The molecule has 5 aliphatic heterocycles. The van der Waals surface area contributed by atoms with E-state index in [0.29, 0.717) is 77.4 Å². The highest BCUT2D eigenvalue weighted by atomic mass is 79.9. The van der Waals surface area contributed by atoms with Crippen LogP contribution in [0.2, 0.25) is 0 Å². The fraction of sp³-hybridized carbons (Fsp3) is 0.432. The average molecular weight is 1550 g/mol. The lowest BCUT2D eigenvalue weighted by atomic mass is 9.79. The Morgan fingerprint density at radius 2 is 0.991 bits per heavy atom. The number of hydrogen-bond acceptors (Lipinski definition) is 14. The summed E-state index contributed by atoms with van der Waals surface area (Å²) in [5.74, 6) is 0.695. The summed E-state index contributed by atoms with van der Waals surface area (Å²) < 4.78 is 48.2. The summed E-state index contributed by atoms with van der Waals surface area (Å²) in [6.07, 6.45) is 6.82. The topological polar surface area (TPSA) is 195 Å². The highest BCUT2D eigenvalue weighted by molar-refractivity contribution is 9.10. The Bertz CT molecular complexity index is 4200. The number of carbonyl (C=O) groups excluding carboxylic acids is 2. The first-order valence-electron chi connectivity index (χ1n) is 39.1. The van der Waals surface area contributed by atoms with Gasteiger partial charge in [0.1, 0.15) is 23.1 Å². The standard InChI is InChI=1S/C32H39FN4O.C32H41FN4.C17H27BN2O4.C7H7BrFN/c1-23-21-37(15-14-35-23)22-27-5-3-6-28(18-27)30-19-26(8-9-31(30)33)20-36-32(38)29-7-2-4-25(17-29)16-24-10-12-34-13-11-24;1-24-22-37(15-14-36-24)23-29-6-3-7-30(18-29)31-19-28(8-9-32(31)33)21-35-20-27-5-2-4-26(17-27)16-25-10-12-34-13-11-25;1-13-11-19(8-9-20(13)16(21)24-17(2,3)4)12-14-6-5-7-15(10-14)18(22)23;8-6-3-5(4-10)1-2-7(6)9/h2-9,17-19,23-24,34-35H,10-16,20-22H2,1H3,(H,36,38);2-9,17-19,24-25,34-36H,10-16,20-23H2,1H3;5-7,10,13,22-23H,8-9,11-12H2,1-4H3;1-3H,4,10H2/t23-;24-;13-;/m000./s1. The Kier molecular flexibility index (Phi) is 32.4. The van der Waals surface area contributed by atoms with Crippen molar-refractivity contribution in [2.75, 3.05) is 85.1 Å². The van der Waals surface area contributed by atoms with Crippen molar-refractivity contribution in [1.29, 1.82) is 0 Å². The second kappa shape index (κ2) is 42.2. The first kappa shape index (κ1) is 83.9. The van der Waals surface area contributed by atoms with Crippen molar-refractivity contribution in [1.82, 2.24) is 51.5 Å². The number of halogens is 4. The van der Waals surface area contributed by atoms with Gasteiger partial charge < -0.3 is 57.3 Å². The first-order chi connectivity index (χ1) is 52.5. The van der Waals surface area contributed by atoms with E-state index in [1.54, 1.807) is 41.3 Å². The molecular formula is C88H114BBrF3N11O5. The maximum atomic E-state index is 14.9. The Morgan fingerprint density at radius 1 is 0.523 bits per heavy atom. The molecular weight excluding hydrogens is 1440 g/mol. The molecule has 0 aliphatic carbocycles. The van der Waals surface area contributed by atoms with Gasteiger partial charge in [-0.2, -0.15) is 0 Å². The monoisotopic (exact) mass is 1550 g/mol. The van der Waals surface area contributed by atoms with E-state index < -0.39 is 12.7 Å². The molecule has 10 N–H and O–H groups in total. The molecule has 5 aliphatic rings. The number of benzene rings is 8. The number of hydrogen-bond donors (Lipinski definition) is 9. The van der Waals surface area contributed by atoms with E-state index in [2.05, 4.69) is 137 Å². The van der Waals surface area contributed by atoms with Crippen molar-refractivity contribution in [2.45, 2.75) is 150 Å². The van der Waals surface area contributed by atoms with Crippen LogP contribution in [-0.4, -0.2) is 158 Å². The maximum Gasteiger partial charge on any atom is 0.488 e. The van der Waals surface area contributed by atoms with E-state index in [1.165, 1.54) is 72.1 Å². The van der Waals surface area contributed by atoms with Gasteiger partial charge in [-0.3, -0.25) is 19.5 Å². The summed E-state index contributed by atoms with van der Waals surface area (Å²) >= 11 is 3.06. The fourth-order valence-corrected chi connectivity index (χ4v) is 15.5.